The maximum absolute atomic E-state index is 14.1. The summed E-state index contributed by atoms with van der Waals surface area (Å²) < 4.78 is 17.6. The molecule has 0 radical (unpaired) electrons. The van der Waals surface area contributed by atoms with Gasteiger partial charge in [-0.05, 0) is 26.0 Å². The lowest BCUT2D eigenvalue weighted by molar-refractivity contribution is 0.614. The van der Waals surface area contributed by atoms with Crippen LogP contribution in [0.25, 0.3) is 0 Å². The molecule has 124 valence electrons. The molecule has 0 fully saturated rings. The fraction of sp³-hybridized carbons (Fsp3) is 0.235. The first-order chi connectivity index (χ1) is 11.4. The minimum absolute atomic E-state index is 0.319. The van der Waals surface area contributed by atoms with E-state index in [0.717, 1.165) is 17.0 Å². The number of halogens is 2. The Morgan fingerprint density at radius 3 is 2.67 bits per heavy atom. The molecule has 1 aromatic carbocycles. The first-order valence-electron chi connectivity index (χ1n) is 7.40. The number of aryl methyl sites for hydroxylation is 2. The fourth-order valence-corrected chi connectivity index (χ4v) is 3.28. The largest absolute Gasteiger partial charge is 0.332 e. The van der Waals surface area contributed by atoms with Crippen LogP contribution in [0.5, 0.6) is 0 Å². The third-order valence-electron chi connectivity index (χ3n) is 4.06. The molecule has 0 aliphatic heterocycles. The highest BCUT2D eigenvalue weighted by atomic mass is 35.5. The zero-order valence-electron chi connectivity index (χ0n) is 13.5. The van der Waals surface area contributed by atoms with Gasteiger partial charge in [-0.25, -0.2) is 14.1 Å². The van der Waals surface area contributed by atoms with Crippen LogP contribution in [-0.4, -0.2) is 24.3 Å². The Balaban J connectivity index is 2.02. The summed E-state index contributed by atoms with van der Waals surface area (Å²) in [5, 5.41) is 4.93. The summed E-state index contributed by atoms with van der Waals surface area (Å²) in [6.45, 7) is 3.80. The van der Waals surface area contributed by atoms with Gasteiger partial charge in [-0.15, -0.1) is 0 Å². The van der Waals surface area contributed by atoms with Crippen molar-refractivity contribution in [3.63, 3.8) is 0 Å². The highest BCUT2D eigenvalue weighted by Gasteiger charge is 2.19. The first kappa shape index (κ1) is 16.8. The molecule has 0 aliphatic carbocycles. The molecule has 0 spiro atoms. The molecule has 3 aromatic rings. The number of thiocarbonyl (C=S) groups is 1. The number of hydrogen-bond acceptors (Lipinski definition) is 3. The molecule has 7 heteroatoms. The Morgan fingerprint density at radius 1 is 1.29 bits per heavy atom. The van der Waals surface area contributed by atoms with E-state index < -0.39 is 0 Å². The lowest BCUT2D eigenvalue weighted by atomic mass is 10.0. The quantitative estimate of drug-likeness (QED) is 0.664. The van der Waals surface area contributed by atoms with Gasteiger partial charge in [0.1, 0.15) is 5.82 Å². The molecular formula is C17H16ClFN4S. The fourth-order valence-electron chi connectivity index (χ4n) is 2.67. The van der Waals surface area contributed by atoms with Crippen LogP contribution in [0.4, 0.5) is 4.39 Å². The Bertz CT molecular complexity index is 909. The minimum atomic E-state index is -0.319. The summed E-state index contributed by atoms with van der Waals surface area (Å²) in [5.41, 5.74) is 3.04. The van der Waals surface area contributed by atoms with Gasteiger partial charge in [0.05, 0.1) is 5.69 Å². The summed E-state index contributed by atoms with van der Waals surface area (Å²) >= 11 is 11.7. The normalized spacial score (nSPS) is 11.0. The molecular weight excluding hydrogens is 347 g/mol. The minimum Gasteiger partial charge on any atom is -0.332 e. The number of benzene rings is 1. The zero-order chi connectivity index (χ0) is 17.4. The molecule has 24 heavy (non-hydrogen) atoms. The van der Waals surface area contributed by atoms with E-state index in [1.807, 2.05) is 31.7 Å². The maximum Gasteiger partial charge on any atom is 0.170 e. The second-order valence-corrected chi connectivity index (χ2v) is 6.40. The van der Waals surface area contributed by atoms with Crippen LogP contribution in [0.1, 0.15) is 28.3 Å². The monoisotopic (exact) mass is 362 g/mol. The van der Waals surface area contributed by atoms with Crippen molar-refractivity contribution < 1.29 is 4.39 Å². The summed E-state index contributed by atoms with van der Waals surface area (Å²) in [6.07, 6.45) is 3.88. The standard InChI is InChI=1S/C17H16ClFN4S/c1-10-12(9-13-14(18)5-4-6-15(13)19)11(2)23(21-10)17(24)16-20-7-8-22(16)3/h4-8H,9H2,1-3H3. The van der Waals surface area contributed by atoms with Gasteiger partial charge in [-0.3, -0.25) is 0 Å². The van der Waals surface area contributed by atoms with Gasteiger partial charge < -0.3 is 4.57 Å². The number of imidazole rings is 1. The van der Waals surface area contributed by atoms with Gasteiger partial charge in [0.2, 0.25) is 0 Å². The van der Waals surface area contributed by atoms with Crippen molar-refractivity contribution in [2.45, 2.75) is 20.3 Å². The van der Waals surface area contributed by atoms with E-state index in [1.165, 1.54) is 6.07 Å². The van der Waals surface area contributed by atoms with E-state index >= 15 is 0 Å². The summed E-state index contributed by atoms with van der Waals surface area (Å²) in [7, 11) is 1.88. The van der Waals surface area contributed by atoms with Crippen molar-refractivity contribution in [3.8, 4) is 0 Å². The molecule has 0 saturated carbocycles. The Labute approximate surface area is 149 Å². The van der Waals surface area contributed by atoms with E-state index in [0.29, 0.717) is 27.8 Å². The van der Waals surface area contributed by atoms with Crippen LogP contribution < -0.4 is 0 Å². The number of aromatic nitrogens is 4. The van der Waals surface area contributed by atoms with Crippen molar-refractivity contribution in [1.82, 2.24) is 19.3 Å². The maximum atomic E-state index is 14.1. The van der Waals surface area contributed by atoms with Crippen LogP contribution in [0, 0.1) is 19.7 Å². The summed E-state index contributed by atoms with van der Waals surface area (Å²) in [6, 6.07) is 4.70. The van der Waals surface area contributed by atoms with Gasteiger partial charge in [0, 0.05) is 47.7 Å². The topological polar surface area (TPSA) is 35.6 Å². The van der Waals surface area contributed by atoms with E-state index in [4.69, 9.17) is 23.8 Å². The van der Waals surface area contributed by atoms with E-state index in [9.17, 15) is 4.39 Å². The molecule has 0 amide bonds. The lowest BCUT2D eigenvalue weighted by Gasteiger charge is -2.08. The van der Waals surface area contributed by atoms with E-state index in [2.05, 4.69) is 10.1 Å². The first-order valence-corrected chi connectivity index (χ1v) is 8.18. The van der Waals surface area contributed by atoms with Crippen molar-refractivity contribution in [1.29, 1.82) is 0 Å². The molecule has 4 nitrogen and oxygen atoms in total. The summed E-state index contributed by atoms with van der Waals surface area (Å²) in [4.78, 5) is 4.77. The third kappa shape index (κ3) is 2.87. The highest BCUT2D eigenvalue weighted by molar-refractivity contribution is 7.80. The molecule has 0 bridgehead atoms. The van der Waals surface area contributed by atoms with Crippen LogP contribution in [-0.2, 0) is 13.5 Å². The van der Waals surface area contributed by atoms with Gasteiger partial charge in [-0.1, -0.05) is 29.9 Å². The SMILES string of the molecule is Cc1nn(C(=S)c2nccn2C)c(C)c1Cc1c(F)cccc1Cl. The molecule has 0 saturated heterocycles. The molecule has 2 aromatic heterocycles. The second kappa shape index (κ2) is 6.45. The van der Waals surface area contributed by atoms with Crippen molar-refractivity contribution in [2.75, 3.05) is 0 Å². The molecule has 0 aliphatic rings. The average molecular weight is 363 g/mol. The van der Waals surface area contributed by atoms with Crippen molar-refractivity contribution in [3.05, 3.63) is 69.8 Å². The highest BCUT2D eigenvalue weighted by Crippen LogP contribution is 2.25. The van der Waals surface area contributed by atoms with Crippen LogP contribution >= 0.6 is 23.8 Å². The summed E-state index contributed by atoms with van der Waals surface area (Å²) in [5.74, 6) is 0.340. The molecule has 0 atom stereocenters. The number of hydrogen-bond donors (Lipinski definition) is 0. The third-order valence-corrected chi connectivity index (χ3v) is 4.77. The smallest absolute Gasteiger partial charge is 0.170 e. The van der Waals surface area contributed by atoms with Gasteiger partial charge in [0.15, 0.2) is 10.8 Å². The van der Waals surface area contributed by atoms with Crippen molar-refractivity contribution in [2.24, 2.45) is 7.05 Å². The van der Waals surface area contributed by atoms with Gasteiger partial charge in [0.25, 0.3) is 0 Å². The second-order valence-electron chi connectivity index (χ2n) is 5.61. The van der Waals surface area contributed by atoms with Crippen molar-refractivity contribution >= 4 is 28.8 Å². The van der Waals surface area contributed by atoms with Gasteiger partial charge >= 0.3 is 0 Å². The van der Waals surface area contributed by atoms with Gasteiger partial charge in [-0.2, -0.15) is 5.10 Å². The predicted octanol–water partition coefficient (Wildman–Crippen LogP) is 3.84. The van der Waals surface area contributed by atoms with Crippen LogP contribution in [0.15, 0.2) is 30.6 Å². The Hall–Kier alpha value is -2.05. The Kier molecular flexibility index (Phi) is 4.51. The predicted molar refractivity (Wildman–Crippen MR) is 96.2 cm³/mol. The number of nitrogens with zero attached hydrogens (tertiary/aromatic N) is 4. The molecule has 0 unspecified atom stereocenters. The molecule has 0 N–H and O–H groups in total. The molecule has 3 rings (SSSR count). The lowest BCUT2D eigenvalue weighted by Crippen LogP contribution is -2.18. The average Bonchev–Trinajstić information content (AvgIpc) is 3.07. The zero-order valence-corrected chi connectivity index (χ0v) is 15.1. The van der Waals surface area contributed by atoms with E-state index in [-0.39, 0.29) is 5.82 Å². The van der Waals surface area contributed by atoms with E-state index in [1.54, 1.807) is 23.0 Å². The number of rotatable bonds is 3. The van der Waals surface area contributed by atoms with Crippen LogP contribution in [0.3, 0.4) is 0 Å². The van der Waals surface area contributed by atoms with Crippen LogP contribution in [0.2, 0.25) is 5.02 Å². The molecule has 2 heterocycles. The Morgan fingerprint density at radius 2 is 2.04 bits per heavy atom.